The van der Waals surface area contributed by atoms with E-state index in [2.05, 4.69) is 6.92 Å². The monoisotopic (exact) mass is 546 g/mol. The van der Waals surface area contributed by atoms with Crippen LogP contribution >= 0.6 is 11.6 Å². The maximum atomic E-state index is 5.50. The summed E-state index contributed by atoms with van der Waals surface area (Å²) >= 11 is 5.50. The highest BCUT2D eigenvalue weighted by atomic mass is 35.5. The quantitative estimate of drug-likeness (QED) is 0.0903. The summed E-state index contributed by atoms with van der Waals surface area (Å²) in [6, 6.07) is 0. The Morgan fingerprint density at radius 1 is 0.306 bits per heavy atom. The molecule has 0 fully saturated rings. The number of hydrogen-bond donors (Lipinski definition) is 0. The molecule has 0 amide bonds. The summed E-state index contributed by atoms with van der Waals surface area (Å²) in [5, 5.41) is 0. The summed E-state index contributed by atoms with van der Waals surface area (Å²) in [5.74, 6) is 0.502. The molecule has 0 aliphatic heterocycles. The van der Waals surface area contributed by atoms with Gasteiger partial charge in [0.1, 0.15) is 0 Å². The number of hydrogen-bond acceptors (Lipinski definition) is 10. The minimum atomic E-state index is 0.502. The first-order valence-electron chi connectivity index (χ1n) is 13.2. The fourth-order valence-electron chi connectivity index (χ4n) is 2.59. The van der Waals surface area contributed by atoms with Gasteiger partial charge in [-0.2, -0.15) is 0 Å². The molecule has 0 aliphatic carbocycles. The second-order valence-electron chi connectivity index (χ2n) is 7.52. The minimum Gasteiger partial charge on any atom is -0.379 e. The molecule has 0 saturated carbocycles. The van der Waals surface area contributed by atoms with Crippen LogP contribution in [0.2, 0.25) is 0 Å². The summed E-state index contributed by atoms with van der Waals surface area (Å²) in [6.07, 6.45) is 3.55. The molecule has 0 rings (SSSR count). The van der Waals surface area contributed by atoms with Crippen molar-refractivity contribution in [2.24, 2.45) is 0 Å². The standard InChI is InChI=1S/C25H51ClO10/c1-2-3-4-6-27-8-10-29-12-14-31-16-18-33-20-22-35-24-25-36-23-21-34-19-17-32-15-13-30-11-9-28-7-5-26/h2-25H2,1H3. The van der Waals surface area contributed by atoms with Crippen molar-refractivity contribution >= 4 is 11.6 Å². The van der Waals surface area contributed by atoms with Crippen LogP contribution in [0.3, 0.4) is 0 Å². The first-order valence-corrected chi connectivity index (χ1v) is 13.8. The zero-order chi connectivity index (χ0) is 26.0. The van der Waals surface area contributed by atoms with Crippen LogP contribution in [0.25, 0.3) is 0 Å². The van der Waals surface area contributed by atoms with Gasteiger partial charge in [-0.15, -0.1) is 11.6 Å². The van der Waals surface area contributed by atoms with Crippen LogP contribution in [-0.2, 0) is 47.4 Å². The van der Waals surface area contributed by atoms with Crippen LogP contribution in [0, 0.1) is 0 Å². The predicted molar refractivity (Wildman–Crippen MR) is 138 cm³/mol. The Balaban J connectivity index is 3.00. The topological polar surface area (TPSA) is 92.3 Å². The maximum Gasteiger partial charge on any atom is 0.0701 e. The molecule has 0 heterocycles. The second-order valence-corrected chi connectivity index (χ2v) is 7.90. The van der Waals surface area contributed by atoms with Crippen molar-refractivity contribution in [3.63, 3.8) is 0 Å². The first-order chi connectivity index (χ1) is 17.9. The molecule has 0 atom stereocenters. The molecule has 0 aromatic rings. The Morgan fingerprint density at radius 3 is 0.750 bits per heavy atom. The summed E-state index contributed by atoms with van der Waals surface area (Å²) in [5.41, 5.74) is 0. The van der Waals surface area contributed by atoms with Crippen LogP contribution < -0.4 is 0 Å². The van der Waals surface area contributed by atoms with Crippen molar-refractivity contribution in [1.82, 2.24) is 0 Å². The Morgan fingerprint density at radius 2 is 0.528 bits per heavy atom. The minimum absolute atomic E-state index is 0.502. The normalized spacial score (nSPS) is 11.5. The van der Waals surface area contributed by atoms with E-state index in [4.69, 9.17) is 59.0 Å². The average Bonchev–Trinajstić information content (AvgIpc) is 2.89. The van der Waals surface area contributed by atoms with E-state index in [1.165, 1.54) is 12.8 Å². The fourth-order valence-corrected chi connectivity index (χ4v) is 2.70. The van der Waals surface area contributed by atoms with Crippen molar-refractivity contribution < 1.29 is 47.4 Å². The van der Waals surface area contributed by atoms with Crippen molar-refractivity contribution in [1.29, 1.82) is 0 Å². The molecular weight excluding hydrogens is 496 g/mol. The average molecular weight is 547 g/mol. The maximum absolute atomic E-state index is 5.50. The van der Waals surface area contributed by atoms with Crippen molar-refractivity contribution in [2.75, 3.05) is 138 Å². The zero-order valence-electron chi connectivity index (χ0n) is 22.4. The molecule has 0 unspecified atom stereocenters. The lowest BCUT2D eigenvalue weighted by Gasteiger charge is -2.09. The number of halogens is 1. The lowest BCUT2D eigenvalue weighted by Crippen LogP contribution is -2.15. The Labute approximate surface area is 223 Å². The van der Waals surface area contributed by atoms with Crippen molar-refractivity contribution in [2.45, 2.75) is 26.2 Å². The van der Waals surface area contributed by atoms with Gasteiger partial charge in [0.15, 0.2) is 0 Å². The Hall–Kier alpha value is -0.110. The highest BCUT2D eigenvalue weighted by Crippen LogP contribution is 1.94. The first kappa shape index (κ1) is 35.9. The van der Waals surface area contributed by atoms with Gasteiger partial charge >= 0.3 is 0 Å². The van der Waals surface area contributed by atoms with Gasteiger partial charge in [-0.25, -0.2) is 0 Å². The smallest absolute Gasteiger partial charge is 0.0701 e. The van der Waals surface area contributed by atoms with Gasteiger partial charge in [0.05, 0.1) is 126 Å². The van der Waals surface area contributed by atoms with E-state index >= 15 is 0 Å². The Kier molecular flexibility index (Phi) is 34.8. The Bertz CT molecular complexity index is 349. The van der Waals surface area contributed by atoms with E-state index in [0.717, 1.165) is 13.0 Å². The van der Waals surface area contributed by atoms with Gasteiger partial charge in [-0.05, 0) is 6.42 Å². The molecule has 0 N–H and O–H groups in total. The van der Waals surface area contributed by atoms with Gasteiger partial charge in [0, 0.05) is 12.5 Å². The van der Waals surface area contributed by atoms with Crippen LogP contribution in [0.15, 0.2) is 0 Å². The molecule has 0 saturated heterocycles. The zero-order valence-corrected chi connectivity index (χ0v) is 23.2. The molecule has 0 radical (unpaired) electrons. The van der Waals surface area contributed by atoms with Crippen molar-refractivity contribution in [3.05, 3.63) is 0 Å². The van der Waals surface area contributed by atoms with Gasteiger partial charge < -0.3 is 47.4 Å². The largest absolute Gasteiger partial charge is 0.379 e. The molecule has 0 aromatic heterocycles. The summed E-state index contributed by atoms with van der Waals surface area (Å²) in [6.45, 7) is 13.4. The molecule has 0 aliphatic rings. The summed E-state index contributed by atoms with van der Waals surface area (Å²) < 4.78 is 54.1. The number of rotatable bonds is 33. The lowest BCUT2D eigenvalue weighted by atomic mass is 10.3. The van der Waals surface area contributed by atoms with Crippen LogP contribution in [0.1, 0.15) is 26.2 Å². The fraction of sp³-hybridized carbons (Fsp3) is 1.00. The third-order valence-electron chi connectivity index (χ3n) is 4.46. The molecule has 218 valence electrons. The van der Waals surface area contributed by atoms with Crippen molar-refractivity contribution in [3.8, 4) is 0 Å². The van der Waals surface area contributed by atoms with E-state index < -0.39 is 0 Å². The van der Waals surface area contributed by atoms with Crippen LogP contribution in [0.4, 0.5) is 0 Å². The molecule has 0 aromatic carbocycles. The molecule has 10 nitrogen and oxygen atoms in total. The van der Waals surface area contributed by atoms with Gasteiger partial charge in [0.2, 0.25) is 0 Å². The predicted octanol–water partition coefficient (Wildman–Crippen LogP) is 2.58. The van der Waals surface area contributed by atoms with E-state index in [1.807, 2.05) is 0 Å². The molecule has 11 heteroatoms. The second kappa shape index (κ2) is 34.9. The molecule has 0 spiro atoms. The number of alkyl halides is 1. The van der Waals surface area contributed by atoms with E-state index in [0.29, 0.717) is 131 Å². The van der Waals surface area contributed by atoms with E-state index in [1.54, 1.807) is 0 Å². The molecule has 0 bridgehead atoms. The highest BCUT2D eigenvalue weighted by Gasteiger charge is 1.96. The third-order valence-corrected chi connectivity index (χ3v) is 4.62. The highest BCUT2D eigenvalue weighted by molar-refractivity contribution is 6.17. The van der Waals surface area contributed by atoms with Crippen LogP contribution in [-0.4, -0.2) is 138 Å². The van der Waals surface area contributed by atoms with Crippen LogP contribution in [0.5, 0.6) is 0 Å². The SMILES string of the molecule is CCCCCOCCOCCOCCOCCOCCOCCOCCOCCOCCOCCCl. The molecular formula is C25H51ClO10. The summed E-state index contributed by atoms with van der Waals surface area (Å²) in [7, 11) is 0. The molecule has 36 heavy (non-hydrogen) atoms. The number of unbranched alkanes of at least 4 members (excludes halogenated alkanes) is 2. The number of ether oxygens (including phenoxy) is 10. The third kappa shape index (κ3) is 33.9. The van der Waals surface area contributed by atoms with Gasteiger partial charge in [-0.3, -0.25) is 0 Å². The van der Waals surface area contributed by atoms with E-state index in [9.17, 15) is 0 Å². The summed E-state index contributed by atoms with van der Waals surface area (Å²) in [4.78, 5) is 0. The van der Waals surface area contributed by atoms with Gasteiger partial charge in [0.25, 0.3) is 0 Å². The van der Waals surface area contributed by atoms with E-state index in [-0.39, 0.29) is 0 Å². The van der Waals surface area contributed by atoms with Gasteiger partial charge in [-0.1, -0.05) is 19.8 Å². The lowest BCUT2D eigenvalue weighted by molar-refractivity contribution is -0.0262.